The molecule has 0 unspecified atom stereocenters. The molecule has 21 heavy (non-hydrogen) atoms. The van der Waals surface area contributed by atoms with Gasteiger partial charge in [0.1, 0.15) is 0 Å². The molecule has 1 amide bonds. The molecule has 0 aliphatic carbocycles. The van der Waals surface area contributed by atoms with Crippen LogP contribution in [-0.4, -0.2) is 24.5 Å². The third-order valence-electron chi connectivity index (χ3n) is 2.88. The van der Waals surface area contributed by atoms with Gasteiger partial charge in [-0.05, 0) is 44.7 Å². The maximum Gasteiger partial charge on any atom is 0.225 e. The van der Waals surface area contributed by atoms with Crippen LogP contribution in [0.4, 0.5) is 5.69 Å². The van der Waals surface area contributed by atoms with E-state index < -0.39 is 0 Å². The summed E-state index contributed by atoms with van der Waals surface area (Å²) in [5.74, 6) is 0.0309. The Labute approximate surface area is 133 Å². The molecule has 1 aromatic carbocycles. The van der Waals surface area contributed by atoms with Gasteiger partial charge in [-0.25, -0.2) is 4.98 Å². The molecule has 112 valence electrons. The number of amides is 1. The number of hydrogen-bond acceptors (Lipinski definition) is 5. The number of aryl methyl sites for hydroxylation is 2. The predicted molar refractivity (Wildman–Crippen MR) is 89.3 cm³/mol. The van der Waals surface area contributed by atoms with Crippen molar-refractivity contribution in [2.24, 2.45) is 0 Å². The monoisotopic (exact) mass is 321 g/mol. The van der Waals surface area contributed by atoms with Crippen LogP contribution < -0.4 is 10.6 Å². The first-order valence-electron chi connectivity index (χ1n) is 6.73. The maximum atomic E-state index is 11.7. The van der Waals surface area contributed by atoms with Crippen LogP contribution >= 0.6 is 23.1 Å². The lowest BCUT2D eigenvalue weighted by molar-refractivity contribution is -0.116. The molecule has 0 radical (unpaired) electrons. The first-order chi connectivity index (χ1) is 10.1. The summed E-state index contributed by atoms with van der Waals surface area (Å²) in [5.41, 5.74) is 2.98. The quantitative estimate of drug-likeness (QED) is 0.855. The number of benzene rings is 1. The fourth-order valence-corrected chi connectivity index (χ4v) is 3.68. The molecule has 4 nitrogen and oxygen atoms in total. The molecule has 2 aromatic rings. The van der Waals surface area contributed by atoms with Crippen molar-refractivity contribution in [3.8, 4) is 0 Å². The molecule has 1 aromatic heterocycles. The number of rotatable bonds is 6. The molecular weight excluding hydrogens is 302 g/mol. The fourth-order valence-electron chi connectivity index (χ4n) is 1.77. The van der Waals surface area contributed by atoms with E-state index in [-0.39, 0.29) is 5.91 Å². The van der Waals surface area contributed by atoms with E-state index >= 15 is 0 Å². The van der Waals surface area contributed by atoms with Gasteiger partial charge in [0, 0.05) is 34.6 Å². The highest BCUT2D eigenvalue weighted by molar-refractivity contribution is 8.01. The maximum absolute atomic E-state index is 11.7. The van der Waals surface area contributed by atoms with Gasteiger partial charge in [-0.2, -0.15) is 0 Å². The Balaban J connectivity index is 2.01. The summed E-state index contributed by atoms with van der Waals surface area (Å²) in [4.78, 5) is 17.3. The summed E-state index contributed by atoms with van der Waals surface area (Å²) in [6.45, 7) is 4.68. The zero-order valence-corrected chi connectivity index (χ0v) is 14.0. The highest BCUT2D eigenvalue weighted by Crippen LogP contribution is 2.32. The van der Waals surface area contributed by atoms with E-state index in [0.29, 0.717) is 13.0 Å². The zero-order valence-electron chi connectivity index (χ0n) is 12.4. The normalized spacial score (nSPS) is 10.6. The Morgan fingerprint density at radius 3 is 2.81 bits per heavy atom. The van der Waals surface area contributed by atoms with E-state index in [1.807, 2.05) is 38.4 Å². The summed E-state index contributed by atoms with van der Waals surface area (Å²) in [5, 5.41) is 7.95. The van der Waals surface area contributed by atoms with E-state index in [1.54, 1.807) is 23.1 Å². The molecule has 2 N–H and O–H groups in total. The van der Waals surface area contributed by atoms with Gasteiger partial charge < -0.3 is 10.6 Å². The average Bonchev–Trinajstić information content (AvgIpc) is 2.85. The molecule has 0 aliphatic rings. The van der Waals surface area contributed by atoms with Gasteiger partial charge in [0.25, 0.3) is 0 Å². The fraction of sp³-hybridized carbons (Fsp3) is 0.333. The third kappa shape index (κ3) is 4.84. The summed E-state index contributed by atoms with van der Waals surface area (Å²) in [6, 6.07) is 6.05. The van der Waals surface area contributed by atoms with Crippen molar-refractivity contribution in [2.75, 3.05) is 18.9 Å². The van der Waals surface area contributed by atoms with Gasteiger partial charge >= 0.3 is 0 Å². The lowest BCUT2D eigenvalue weighted by atomic mass is 10.2. The van der Waals surface area contributed by atoms with Crippen LogP contribution in [0.1, 0.15) is 17.7 Å². The van der Waals surface area contributed by atoms with Crippen molar-refractivity contribution in [3.63, 3.8) is 0 Å². The van der Waals surface area contributed by atoms with E-state index in [4.69, 9.17) is 0 Å². The summed E-state index contributed by atoms with van der Waals surface area (Å²) in [6.07, 6.45) is 0.477. The molecule has 0 saturated heterocycles. The van der Waals surface area contributed by atoms with Gasteiger partial charge in [-0.15, -0.1) is 11.3 Å². The third-order valence-corrected chi connectivity index (χ3v) is 4.92. The zero-order chi connectivity index (χ0) is 15.2. The number of hydrogen-bond donors (Lipinski definition) is 2. The van der Waals surface area contributed by atoms with Crippen LogP contribution in [-0.2, 0) is 4.79 Å². The van der Waals surface area contributed by atoms with Crippen molar-refractivity contribution in [1.82, 2.24) is 10.3 Å². The number of nitrogens with zero attached hydrogens (tertiary/aromatic N) is 1. The molecule has 0 spiro atoms. The average molecular weight is 321 g/mol. The lowest BCUT2D eigenvalue weighted by Gasteiger charge is -2.09. The van der Waals surface area contributed by atoms with E-state index in [1.165, 1.54) is 0 Å². The van der Waals surface area contributed by atoms with Crippen LogP contribution in [0.5, 0.6) is 0 Å². The summed E-state index contributed by atoms with van der Waals surface area (Å²) >= 11 is 3.30. The molecule has 0 aliphatic heterocycles. The Morgan fingerprint density at radius 2 is 2.19 bits per heavy atom. The number of carbonyl (C=O) groups is 1. The molecule has 0 bridgehead atoms. The first-order valence-corrected chi connectivity index (χ1v) is 8.43. The summed E-state index contributed by atoms with van der Waals surface area (Å²) < 4.78 is 1.04. The largest absolute Gasteiger partial charge is 0.326 e. The smallest absolute Gasteiger partial charge is 0.225 e. The first kappa shape index (κ1) is 16.0. The van der Waals surface area contributed by atoms with Crippen LogP contribution in [0.15, 0.2) is 32.8 Å². The Morgan fingerprint density at radius 1 is 1.38 bits per heavy atom. The van der Waals surface area contributed by atoms with Crippen molar-refractivity contribution in [2.45, 2.75) is 29.5 Å². The number of carbonyl (C=O) groups excluding carboxylic acids is 1. The minimum Gasteiger partial charge on any atom is -0.326 e. The van der Waals surface area contributed by atoms with Crippen LogP contribution in [0.2, 0.25) is 0 Å². The molecule has 0 atom stereocenters. The van der Waals surface area contributed by atoms with E-state index in [2.05, 4.69) is 21.7 Å². The van der Waals surface area contributed by atoms with Crippen molar-refractivity contribution in [3.05, 3.63) is 34.8 Å². The number of nitrogens with one attached hydrogen (secondary N) is 2. The van der Waals surface area contributed by atoms with Crippen LogP contribution in [0.3, 0.4) is 0 Å². The standard InChI is InChI=1S/C15H19N3OS2/c1-10-8-12(21-15-17-11(2)9-20-15)4-5-13(10)18-14(19)6-7-16-3/h4-5,8-9,16H,6-7H2,1-3H3,(H,18,19). The highest BCUT2D eigenvalue weighted by atomic mass is 32.2. The van der Waals surface area contributed by atoms with Gasteiger partial charge in [-0.1, -0.05) is 11.8 Å². The van der Waals surface area contributed by atoms with Crippen LogP contribution in [0, 0.1) is 13.8 Å². The Kier molecular flexibility index (Phi) is 5.78. The molecular formula is C15H19N3OS2. The second-order valence-electron chi connectivity index (χ2n) is 4.74. The van der Waals surface area contributed by atoms with Crippen molar-refractivity contribution in [1.29, 1.82) is 0 Å². The van der Waals surface area contributed by atoms with Crippen molar-refractivity contribution >= 4 is 34.7 Å². The second-order valence-corrected chi connectivity index (χ2v) is 6.91. The Bertz CT molecular complexity index is 625. The molecule has 0 saturated carbocycles. The van der Waals surface area contributed by atoms with Gasteiger partial charge in [0.2, 0.25) is 5.91 Å². The molecule has 0 fully saturated rings. The lowest BCUT2D eigenvalue weighted by Crippen LogP contribution is -2.19. The summed E-state index contributed by atoms with van der Waals surface area (Å²) in [7, 11) is 1.84. The van der Waals surface area contributed by atoms with E-state index in [9.17, 15) is 4.79 Å². The minimum absolute atomic E-state index is 0.0309. The van der Waals surface area contributed by atoms with Gasteiger partial charge in [-0.3, -0.25) is 4.79 Å². The number of anilines is 1. The van der Waals surface area contributed by atoms with Crippen molar-refractivity contribution < 1.29 is 4.79 Å². The minimum atomic E-state index is 0.0309. The topological polar surface area (TPSA) is 54.0 Å². The highest BCUT2D eigenvalue weighted by Gasteiger charge is 2.07. The van der Waals surface area contributed by atoms with E-state index in [0.717, 1.165) is 26.2 Å². The predicted octanol–water partition coefficient (Wildman–Crippen LogP) is 3.46. The van der Waals surface area contributed by atoms with Gasteiger partial charge in [0.05, 0.1) is 0 Å². The SMILES string of the molecule is CNCCC(=O)Nc1ccc(Sc2nc(C)cs2)cc1C. The van der Waals surface area contributed by atoms with Crippen LogP contribution in [0.25, 0.3) is 0 Å². The molecule has 1 heterocycles. The Hall–Kier alpha value is -1.37. The second kappa shape index (κ2) is 7.59. The molecule has 2 rings (SSSR count). The number of aromatic nitrogens is 1. The van der Waals surface area contributed by atoms with Gasteiger partial charge in [0.15, 0.2) is 4.34 Å². The molecule has 6 heteroatoms. The number of thiazole rings is 1.